The van der Waals surface area contributed by atoms with Crippen LogP contribution in [0.4, 0.5) is 5.69 Å². The van der Waals surface area contributed by atoms with Crippen molar-refractivity contribution in [1.82, 2.24) is 9.29 Å². The molecule has 0 radical (unpaired) electrons. The zero-order valence-electron chi connectivity index (χ0n) is 20.0. The van der Waals surface area contributed by atoms with E-state index in [1.807, 2.05) is 13.0 Å². The number of anilines is 1. The van der Waals surface area contributed by atoms with Gasteiger partial charge in [-0.3, -0.25) is 4.79 Å². The lowest BCUT2D eigenvalue weighted by Crippen LogP contribution is -2.31. The molecule has 2 atom stereocenters. The number of carbonyl (C=O) groups excluding carboxylic acids is 1. The SMILES string of the molecule is [2H]C1([2H])Oc2ccc(S(=O)(=O)N3C[C@@H](C)[C@@H](C(=O)Nc4ccc5scnc5c4)C3)cc2C1([2H])[2H]. The van der Waals surface area contributed by atoms with Gasteiger partial charge < -0.3 is 10.1 Å². The van der Waals surface area contributed by atoms with Crippen LogP contribution in [0.2, 0.25) is 0 Å². The first-order valence-corrected chi connectivity index (χ1v) is 11.7. The molecule has 1 amide bonds. The number of rotatable bonds is 4. The Kier molecular flexibility index (Phi) is 3.75. The summed E-state index contributed by atoms with van der Waals surface area (Å²) >= 11 is 1.50. The average molecular weight is 448 g/mol. The van der Waals surface area contributed by atoms with Crippen molar-refractivity contribution in [3.8, 4) is 5.75 Å². The molecule has 3 heterocycles. The number of thiazole rings is 1. The molecule has 5 rings (SSSR count). The number of benzene rings is 2. The fourth-order valence-corrected chi connectivity index (χ4v) is 6.02. The molecule has 0 unspecified atom stereocenters. The molecule has 1 fully saturated rings. The summed E-state index contributed by atoms with van der Waals surface area (Å²) < 4.78 is 65.5. The molecule has 7 nitrogen and oxygen atoms in total. The highest BCUT2D eigenvalue weighted by Gasteiger charge is 2.41. The number of nitrogens with one attached hydrogen (secondary N) is 1. The average Bonchev–Trinajstić information content (AvgIpc) is 3.43. The molecule has 9 heteroatoms. The maximum absolute atomic E-state index is 13.3. The lowest BCUT2D eigenvalue weighted by molar-refractivity contribution is -0.120. The number of hydrogen-bond donors (Lipinski definition) is 1. The van der Waals surface area contributed by atoms with E-state index in [0.29, 0.717) is 5.69 Å². The van der Waals surface area contributed by atoms with Gasteiger partial charge in [0.1, 0.15) is 5.75 Å². The van der Waals surface area contributed by atoms with Crippen molar-refractivity contribution in [3.05, 3.63) is 47.5 Å². The van der Waals surface area contributed by atoms with Crippen molar-refractivity contribution in [2.75, 3.05) is 25.0 Å². The van der Waals surface area contributed by atoms with Gasteiger partial charge in [0.2, 0.25) is 15.9 Å². The summed E-state index contributed by atoms with van der Waals surface area (Å²) in [4.78, 5) is 17.0. The first kappa shape index (κ1) is 15.3. The van der Waals surface area contributed by atoms with Crippen LogP contribution >= 0.6 is 11.3 Å². The van der Waals surface area contributed by atoms with Crippen molar-refractivity contribution in [2.24, 2.45) is 11.8 Å². The smallest absolute Gasteiger partial charge is 0.243 e. The Morgan fingerprint density at radius 2 is 2.17 bits per heavy atom. The number of carbonyl (C=O) groups is 1. The zero-order valence-corrected chi connectivity index (χ0v) is 17.6. The number of nitrogens with zero attached hydrogens (tertiary/aromatic N) is 2. The minimum atomic E-state index is -4.04. The summed E-state index contributed by atoms with van der Waals surface area (Å²) in [7, 11) is -4.04. The van der Waals surface area contributed by atoms with Crippen molar-refractivity contribution in [2.45, 2.75) is 18.2 Å². The highest BCUT2D eigenvalue weighted by molar-refractivity contribution is 7.89. The summed E-state index contributed by atoms with van der Waals surface area (Å²) in [6, 6.07) is 9.09. The molecular weight excluding hydrogens is 422 g/mol. The second-order valence-electron chi connectivity index (χ2n) is 7.42. The number of ether oxygens (including phenoxy) is 1. The Morgan fingerprint density at radius 1 is 1.30 bits per heavy atom. The van der Waals surface area contributed by atoms with Crippen LogP contribution in [0, 0.1) is 11.8 Å². The normalized spacial score (nSPS) is 26.8. The van der Waals surface area contributed by atoms with Crippen molar-refractivity contribution >= 4 is 43.2 Å². The van der Waals surface area contributed by atoms with Gasteiger partial charge >= 0.3 is 0 Å². The fraction of sp³-hybridized carbons (Fsp3) is 0.333. The van der Waals surface area contributed by atoms with E-state index in [4.69, 9.17) is 10.2 Å². The second-order valence-corrected chi connectivity index (χ2v) is 10.2. The lowest BCUT2D eigenvalue weighted by atomic mass is 9.97. The Labute approximate surface area is 184 Å². The summed E-state index contributed by atoms with van der Waals surface area (Å²) in [5, 5.41) is 2.86. The van der Waals surface area contributed by atoms with E-state index in [-0.39, 0.29) is 41.1 Å². The van der Waals surface area contributed by atoms with Gasteiger partial charge in [0.25, 0.3) is 0 Å². The standard InChI is InChI=1S/C21H21N3O4S2/c1-13-10-24(30(26,27)16-3-4-19-14(8-16)6-7-28-19)11-17(13)21(25)23-15-2-5-20-18(9-15)22-12-29-20/h2-5,8-9,12-13,17H,6-7,10-11H2,1H3,(H,23,25)/t13-,17+/m1/s1/i6D2,7D2. The Bertz CT molecular complexity index is 1410. The largest absolute Gasteiger partial charge is 0.493 e. The van der Waals surface area contributed by atoms with Crippen LogP contribution in [0.15, 0.2) is 46.8 Å². The topological polar surface area (TPSA) is 88.6 Å². The number of fused-ring (bicyclic) bond motifs is 2. The van der Waals surface area contributed by atoms with Crippen LogP contribution in [0.3, 0.4) is 0 Å². The highest BCUT2D eigenvalue weighted by Crippen LogP contribution is 2.33. The predicted molar refractivity (Wildman–Crippen MR) is 115 cm³/mol. The number of hydrogen-bond acceptors (Lipinski definition) is 6. The lowest BCUT2D eigenvalue weighted by Gasteiger charge is -2.17. The van der Waals surface area contributed by atoms with Gasteiger partial charge in [-0.15, -0.1) is 11.3 Å². The third-order valence-corrected chi connectivity index (χ3v) is 8.09. The molecule has 0 saturated carbocycles. The Balaban J connectivity index is 1.35. The monoisotopic (exact) mass is 447 g/mol. The Hall–Kier alpha value is -2.49. The van der Waals surface area contributed by atoms with Crippen LogP contribution in [0.1, 0.15) is 18.0 Å². The summed E-state index contributed by atoms with van der Waals surface area (Å²) in [6.07, 6.45) is -2.51. The van der Waals surface area contributed by atoms with Gasteiger partial charge in [-0.1, -0.05) is 6.92 Å². The zero-order chi connectivity index (χ0) is 24.5. The summed E-state index contributed by atoms with van der Waals surface area (Å²) in [6.45, 7) is -0.680. The van der Waals surface area contributed by atoms with E-state index in [9.17, 15) is 13.2 Å². The Morgan fingerprint density at radius 3 is 3.03 bits per heavy atom. The number of aryl methyl sites for hydroxylation is 1. The molecule has 3 aromatic rings. The van der Waals surface area contributed by atoms with Gasteiger partial charge in [-0.25, -0.2) is 13.4 Å². The number of aromatic nitrogens is 1. The molecule has 1 saturated heterocycles. The van der Waals surface area contributed by atoms with Gasteiger partial charge in [0.15, 0.2) is 0 Å². The minimum Gasteiger partial charge on any atom is -0.493 e. The van der Waals surface area contributed by atoms with E-state index < -0.39 is 28.9 Å². The summed E-state index contributed by atoms with van der Waals surface area (Å²) in [5.74, 6) is -1.12. The van der Waals surface area contributed by atoms with Gasteiger partial charge in [-0.2, -0.15) is 4.31 Å². The maximum Gasteiger partial charge on any atom is 0.243 e. The number of amides is 1. The van der Waals surface area contributed by atoms with Crippen molar-refractivity contribution in [1.29, 1.82) is 0 Å². The molecule has 0 bridgehead atoms. The van der Waals surface area contributed by atoms with E-state index in [2.05, 4.69) is 10.3 Å². The van der Waals surface area contributed by atoms with Crippen molar-refractivity contribution < 1.29 is 23.4 Å². The molecule has 156 valence electrons. The molecule has 2 aliphatic rings. The van der Waals surface area contributed by atoms with Crippen LogP contribution < -0.4 is 10.1 Å². The maximum atomic E-state index is 13.3. The molecule has 1 N–H and O–H groups in total. The van der Waals surface area contributed by atoms with E-state index in [0.717, 1.165) is 16.3 Å². The van der Waals surface area contributed by atoms with E-state index >= 15 is 0 Å². The van der Waals surface area contributed by atoms with E-state index in [1.54, 1.807) is 17.6 Å². The first-order valence-electron chi connectivity index (χ1n) is 11.4. The molecule has 30 heavy (non-hydrogen) atoms. The first-order chi connectivity index (χ1) is 15.9. The molecule has 2 aliphatic heterocycles. The van der Waals surface area contributed by atoms with Crippen LogP contribution in [0.5, 0.6) is 5.75 Å². The van der Waals surface area contributed by atoms with Gasteiger partial charge in [-0.05, 0) is 47.9 Å². The van der Waals surface area contributed by atoms with Gasteiger partial charge in [0.05, 0.1) is 35.8 Å². The molecule has 0 aliphatic carbocycles. The quantitative estimate of drug-likeness (QED) is 0.664. The molecule has 1 aromatic heterocycles. The van der Waals surface area contributed by atoms with Crippen LogP contribution in [-0.4, -0.2) is 43.3 Å². The van der Waals surface area contributed by atoms with E-state index in [1.165, 1.54) is 27.8 Å². The predicted octanol–water partition coefficient (Wildman–Crippen LogP) is 3.13. The third kappa shape index (κ3) is 3.36. The minimum absolute atomic E-state index is 0.0183. The molecule has 2 aromatic carbocycles. The van der Waals surface area contributed by atoms with Crippen molar-refractivity contribution in [3.63, 3.8) is 0 Å². The molecule has 0 spiro atoms. The second kappa shape index (κ2) is 7.33. The van der Waals surface area contributed by atoms with Crippen LogP contribution in [0.25, 0.3) is 10.2 Å². The van der Waals surface area contributed by atoms with Crippen LogP contribution in [-0.2, 0) is 21.2 Å². The molecular formula is C21H21N3O4S2. The van der Waals surface area contributed by atoms with Gasteiger partial charge in [0, 0.05) is 27.9 Å². The number of sulfonamides is 1. The summed E-state index contributed by atoms with van der Waals surface area (Å²) in [5.41, 5.74) is 2.93. The highest BCUT2D eigenvalue weighted by atomic mass is 32.2. The third-order valence-electron chi connectivity index (χ3n) is 5.45. The fourth-order valence-electron chi connectivity index (χ4n) is 3.77.